The third-order valence-electron chi connectivity index (χ3n) is 2.36. The van der Waals surface area contributed by atoms with Gasteiger partial charge in [-0.1, -0.05) is 0 Å². The van der Waals surface area contributed by atoms with Gasteiger partial charge in [0.1, 0.15) is 0 Å². The Labute approximate surface area is 112 Å². The number of nitrogen functional groups attached to an aromatic ring is 1. The number of aryl methyl sites for hydroxylation is 1. The molecule has 0 spiro atoms. The third-order valence-corrected chi connectivity index (χ3v) is 2.36. The minimum absolute atomic E-state index is 0.0855. The molecule has 20 heavy (non-hydrogen) atoms. The minimum atomic E-state index is -0.804. The van der Waals surface area contributed by atoms with Crippen LogP contribution in [0.2, 0.25) is 0 Å². The number of carbonyl (C=O) groups is 1. The quantitative estimate of drug-likeness (QED) is 0.381. The number of benzene rings is 1. The fourth-order valence-corrected chi connectivity index (χ4v) is 1.44. The van der Waals surface area contributed by atoms with Crippen molar-refractivity contribution in [2.24, 2.45) is 0 Å². The van der Waals surface area contributed by atoms with Crippen molar-refractivity contribution in [2.45, 2.75) is 13.5 Å². The van der Waals surface area contributed by atoms with Gasteiger partial charge in [0, 0.05) is 24.7 Å². The average molecular weight is 278 g/mol. The number of nitrogens with zero attached hydrogens (tertiary/aromatic N) is 3. The van der Waals surface area contributed by atoms with Gasteiger partial charge < -0.3 is 14.9 Å². The number of aromatic nitrogens is 2. The summed E-state index contributed by atoms with van der Waals surface area (Å²) in [5.74, 6) is -0.340. The first kappa shape index (κ1) is 13.5. The molecule has 0 saturated carbocycles. The zero-order chi connectivity index (χ0) is 14.7. The molecule has 1 aromatic carbocycles. The van der Waals surface area contributed by atoms with E-state index in [9.17, 15) is 14.9 Å². The van der Waals surface area contributed by atoms with Crippen molar-refractivity contribution in [2.75, 3.05) is 5.73 Å². The van der Waals surface area contributed by atoms with Crippen molar-refractivity contribution in [3.63, 3.8) is 0 Å². The Morgan fingerprint density at radius 2 is 2.25 bits per heavy atom. The Morgan fingerprint density at radius 1 is 1.50 bits per heavy atom. The highest BCUT2D eigenvalue weighted by Gasteiger charge is 2.17. The molecule has 9 nitrogen and oxygen atoms in total. The Balaban J connectivity index is 2.12. The van der Waals surface area contributed by atoms with Crippen molar-refractivity contribution in [3.8, 4) is 0 Å². The van der Waals surface area contributed by atoms with E-state index >= 15 is 0 Å². The Bertz CT molecular complexity index is 667. The number of nitrogens with two attached hydrogens (primary N) is 1. The van der Waals surface area contributed by atoms with Crippen LogP contribution in [-0.4, -0.2) is 21.1 Å². The van der Waals surface area contributed by atoms with Gasteiger partial charge in [0.25, 0.3) is 11.6 Å². The molecule has 104 valence electrons. The number of esters is 1. The van der Waals surface area contributed by atoms with Crippen LogP contribution in [0.5, 0.6) is 0 Å². The maximum atomic E-state index is 11.8. The lowest BCUT2D eigenvalue weighted by molar-refractivity contribution is -0.384. The Morgan fingerprint density at radius 3 is 2.85 bits per heavy atom. The van der Waals surface area contributed by atoms with Gasteiger partial charge in [-0.25, -0.2) is 4.79 Å². The summed E-state index contributed by atoms with van der Waals surface area (Å²) in [7, 11) is 0. The molecule has 1 aromatic heterocycles. The Hall–Kier alpha value is -2.97. The van der Waals surface area contributed by atoms with E-state index in [2.05, 4.69) is 10.2 Å². The SMILES string of the molecule is Cc1nnc(COC(=O)c2cc([N+](=O)[O-])ccc2N)o1. The van der Waals surface area contributed by atoms with Crippen LogP contribution in [0.3, 0.4) is 0 Å². The minimum Gasteiger partial charge on any atom is -0.452 e. The van der Waals surface area contributed by atoms with Crippen LogP contribution < -0.4 is 5.73 Å². The van der Waals surface area contributed by atoms with E-state index in [-0.39, 0.29) is 29.4 Å². The normalized spacial score (nSPS) is 10.2. The van der Waals surface area contributed by atoms with E-state index in [0.717, 1.165) is 6.07 Å². The van der Waals surface area contributed by atoms with Gasteiger partial charge in [0.15, 0.2) is 6.61 Å². The lowest BCUT2D eigenvalue weighted by Gasteiger charge is -2.05. The molecule has 0 aliphatic carbocycles. The number of carbonyl (C=O) groups excluding carboxylic acids is 1. The predicted molar refractivity (Wildman–Crippen MR) is 65.7 cm³/mol. The molecule has 1 heterocycles. The topological polar surface area (TPSA) is 134 Å². The molecular formula is C11H10N4O5. The number of ether oxygens (including phenoxy) is 1. The monoisotopic (exact) mass is 278 g/mol. The fraction of sp³-hybridized carbons (Fsp3) is 0.182. The number of hydrogen-bond acceptors (Lipinski definition) is 8. The molecule has 0 amide bonds. The molecule has 2 aromatic rings. The molecule has 2 rings (SSSR count). The molecule has 0 bridgehead atoms. The average Bonchev–Trinajstić information content (AvgIpc) is 2.82. The van der Waals surface area contributed by atoms with E-state index in [4.69, 9.17) is 14.9 Å². The summed E-state index contributed by atoms with van der Waals surface area (Å²) in [5, 5.41) is 17.9. The van der Waals surface area contributed by atoms with Gasteiger partial charge in [0.05, 0.1) is 10.5 Å². The highest BCUT2D eigenvalue weighted by molar-refractivity contribution is 5.95. The van der Waals surface area contributed by atoms with Crippen LogP contribution >= 0.6 is 0 Å². The van der Waals surface area contributed by atoms with Crippen molar-refractivity contribution < 1.29 is 18.9 Å². The van der Waals surface area contributed by atoms with Gasteiger partial charge >= 0.3 is 5.97 Å². The van der Waals surface area contributed by atoms with Crippen LogP contribution in [0, 0.1) is 17.0 Å². The maximum absolute atomic E-state index is 11.8. The van der Waals surface area contributed by atoms with Crippen LogP contribution in [0.1, 0.15) is 22.1 Å². The highest BCUT2D eigenvalue weighted by Crippen LogP contribution is 2.20. The summed E-state index contributed by atoms with van der Waals surface area (Å²) < 4.78 is 9.93. The van der Waals surface area contributed by atoms with E-state index in [1.165, 1.54) is 12.1 Å². The van der Waals surface area contributed by atoms with Crippen LogP contribution in [-0.2, 0) is 11.3 Å². The number of hydrogen-bond donors (Lipinski definition) is 1. The summed E-state index contributed by atoms with van der Waals surface area (Å²) in [6.45, 7) is 1.36. The molecule has 0 unspecified atom stereocenters. The van der Waals surface area contributed by atoms with E-state index in [1.807, 2.05) is 0 Å². The molecular weight excluding hydrogens is 268 g/mol. The largest absolute Gasteiger partial charge is 0.452 e. The summed E-state index contributed by atoms with van der Waals surface area (Å²) >= 11 is 0. The van der Waals surface area contributed by atoms with E-state index in [0.29, 0.717) is 5.89 Å². The van der Waals surface area contributed by atoms with Crippen LogP contribution in [0.25, 0.3) is 0 Å². The van der Waals surface area contributed by atoms with Gasteiger partial charge in [-0.3, -0.25) is 10.1 Å². The molecule has 9 heteroatoms. The van der Waals surface area contributed by atoms with Crippen molar-refractivity contribution in [3.05, 3.63) is 45.7 Å². The zero-order valence-corrected chi connectivity index (χ0v) is 10.4. The molecule has 2 N–H and O–H groups in total. The van der Waals surface area contributed by atoms with E-state index in [1.54, 1.807) is 6.92 Å². The molecule has 0 saturated heterocycles. The van der Waals surface area contributed by atoms with Gasteiger partial charge in [-0.15, -0.1) is 10.2 Å². The summed E-state index contributed by atoms with van der Waals surface area (Å²) in [6, 6.07) is 3.52. The fourth-order valence-electron chi connectivity index (χ4n) is 1.44. The summed E-state index contributed by atoms with van der Waals surface area (Å²) in [5.41, 5.74) is 5.34. The first-order chi connectivity index (χ1) is 9.47. The molecule has 0 aliphatic heterocycles. The lowest BCUT2D eigenvalue weighted by Crippen LogP contribution is -2.09. The standard InChI is InChI=1S/C11H10N4O5/c1-6-13-14-10(20-6)5-19-11(16)8-4-7(15(17)18)2-3-9(8)12/h2-4H,5,12H2,1H3. The van der Waals surface area contributed by atoms with Gasteiger partial charge in [-0.2, -0.15) is 0 Å². The second-order valence-electron chi connectivity index (χ2n) is 3.82. The molecule has 0 fully saturated rings. The first-order valence-electron chi connectivity index (χ1n) is 5.47. The Kier molecular flexibility index (Phi) is 3.60. The highest BCUT2D eigenvalue weighted by atomic mass is 16.6. The van der Waals surface area contributed by atoms with Crippen LogP contribution in [0.15, 0.2) is 22.6 Å². The number of anilines is 1. The molecule has 0 atom stereocenters. The second kappa shape index (κ2) is 5.34. The number of rotatable bonds is 4. The van der Waals surface area contributed by atoms with Gasteiger partial charge in [0.2, 0.25) is 5.89 Å². The number of nitro benzene ring substituents is 1. The summed E-state index contributed by atoms with van der Waals surface area (Å²) in [6.07, 6.45) is 0. The molecule has 0 aliphatic rings. The van der Waals surface area contributed by atoms with Gasteiger partial charge in [-0.05, 0) is 6.07 Å². The second-order valence-corrected chi connectivity index (χ2v) is 3.82. The first-order valence-corrected chi connectivity index (χ1v) is 5.47. The van der Waals surface area contributed by atoms with E-state index < -0.39 is 10.9 Å². The van der Waals surface area contributed by atoms with Crippen molar-refractivity contribution in [1.29, 1.82) is 0 Å². The smallest absolute Gasteiger partial charge is 0.341 e. The summed E-state index contributed by atoms with van der Waals surface area (Å²) in [4.78, 5) is 21.8. The predicted octanol–water partition coefficient (Wildman–Crippen LogP) is 1.23. The lowest BCUT2D eigenvalue weighted by atomic mass is 10.1. The number of nitro groups is 1. The number of non-ortho nitro benzene ring substituents is 1. The van der Waals surface area contributed by atoms with Crippen molar-refractivity contribution in [1.82, 2.24) is 10.2 Å². The zero-order valence-electron chi connectivity index (χ0n) is 10.4. The van der Waals surface area contributed by atoms with Crippen molar-refractivity contribution >= 4 is 17.3 Å². The third kappa shape index (κ3) is 2.88. The van der Waals surface area contributed by atoms with Crippen LogP contribution in [0.4, 0.5) is 11.4 Å². The maximum Gasteiger partial charge on any atom is 0.341 e. The molecule has 0 radical (unpaired) electrons.